The lowest BCUT2D eigenvalue weighted by molar-refractivity contribution is 0.0945. The summed E-state index contributed by atoms with van der Waals surface area (Å²) in [6.07, 6.45) is 0. The molecular formula is C20H21ClN4O3. The van der Waals surface area contributed by atoms with E-state index in [1.807, 2.05) is 31.2 Å². The summed E-state index contributed by atoms with van der Waals surface area (Å²) in [5, 5.41) is 11.5. The third-order valence-electron chi connectivity index (χ3n) is 4.17. The summed E-state index contributed by atoms with van der Waals surface area (Å²) in [7, 11) is 1.56. The summed E-state index contributed by atoms with van der Waals surface area (Å²) in [5.41, 5.74) is 2.40. The van der Waals surface area contributed by atoms with Crippen LogP contribution < -0.4 is 14.8 Å². The van der Waals surface area contributed by atoms with Crippen molar-refractivity contribution >= 4 is 17.5 Å². The zero-order valence-corrected chi connectivity index (χ0v) is 16.7. The van der Waals surface area contributed by atoms with Gasteiger partial charge in [-0.1, -0.05) is 28.9 Å². The number of nitrogens with zero attached hydrogens (tertiary/aromatic N) is 3. The number of nitrogens with one attached hydrogen (secondary N) is 1. The first kappa shape index (κ1) is 19.7. The highest BCUT2D eigenvalue weighted by Gasteiger charge is 2.19. The number of amides is 1. The molecule has 0 fully saturated rings. The molecule has 1 heterocycles. The summed E-state index contributed by atoms with van der Waals surface area (Å²) in [4.78, 5) is 12.6. The van der Waals surface area contributed by atoms with Crippen LogP contribution in [0.5, 0.6) is 11.5 Å². The van der Waals surface area contributed by atoms with Gasteiger partial charge >= 0.3 is 0 Å². The average molecular weight is 401 g/mol. The van der Waals surface area contributed by atoms with E-state index in [1.165, 1.54) is 4.68 Å². The molecule has 0 unspecified atom stereocenters. The fraction of sp³-hybridized carbons (Fsp3) is 0.250. The smallest absolute Gasteiger partial charge is 0.274 e. The van der Waals surface area contributed by atoms with Crippen LogP contribution in [0.2, 0.25) is 5.02 Å². The van der Waals surface area contributed by atoms with Crippen LogP contribution >= 0.6 is 11.6 Å². The second kappa shape index (κ2) is 8.75. The minimum atomic E-state index is -0.307. The number of rotatable bonds is 7. The molecule has 0 atom stereocenters. The van der Waals surface area contributed by atoms with Crippen molar-refractivity contribution in [1.29, 1.82) is 0 Å². The van der Waals surface area contributed by atoms with Gasteiger partial charge in [-0.15, -0.1) is 5.10 Å². The van der Waals surface area contributed by atoms with Crippen LogP contribution in [0, 0.1) is 6.92 Å². The van der Waals surface area contributed by atoms with E-state index in [-0.39, 0.29) is 11.6 Å². The van der Waals surface area contributed by atoms with Gasteiger partial charge in [0, 0.05) is 11.6 Å². The predicted octanol–water partition coefficient (Wildman–Crippen LogP) is 3.57. The Morgan fingerprint density at radius 2 is 1.96 bits per heavy atom. The molecule has 0 spiro atoms. The third kappa shape index (κ3) is 4.26. The SMILES string of the molecule is CCOc1ccc(CNC(=O)c2nnn(-c3cc(Cl)ccc3OC)c2C)cc1. The Morgan fingerprint density at radius 3 is 2.64 bits per heavy atom. The minimum absolute atomic E-state index is 0.243. The van der Waals surface area contributed by atoms with E-state index in [1.54, 1.807) is 32.2 Å². The summed E-state index contributed by atoms with van der Waals surface area (Å²) >= 11 is 6.09. The fourth-order valence-corrected chi connectivity index (χ4v) is 2.90. The molecule has 1 N–H and O–H groups in total. The maximum atomic E-state index is 12.6. The topological polar surface area (TPSA) is 78.3 Å². The van der Waals surface area contributed by atoms with Crippen LogP contribution in [0.3, 0.4) is 0 Å². The van der Waals surface area contributed by atoms with Crippen molar-refractivity contribution in [3.63, 3.8) is 0 Å². The first-order valence-electron chi connectivity index (χ1n) is 8.79. The van der Waals surface area contributed by atoms with E-state index in [9.17, 15) is 4.79 Å². The Hall–Kier alpha value is -3.06. The molecule has 0 saturated heterocycles. The number of carbonyl (C=O) groups is 1. The van der Waals surface area contributed by atoms with Crippen LogP contribution in [0.15, 0.2) is 42.5 Å². The lowest BCUT2D eigenvalue weighted by Crippen LogP contribution is -2.24. The molecule has 0 aliphatic carbocycles. The highest BCUT2D eigenvalue weighted by molar-refractivity contribution is 6.30. The Balaban J connectivity index is 1.74. The van der Waals surface area contributed by atoms with E-state index in [0.29, 0.717) is 35.3 Å². The second-order valence-corrected chi connectivity index (χ2v) is 6.45. The average Bonchev–Trinajstić information content (AvgIpc) is 3.08. The highest BCUT2D eigenvalue weighted by Crippen LogP contribution is 2.27. The van der Waals surface area contributed by atoms with Gasteiger partial charge in [0.15, 0.2) is 5.69 Å². The van der Waals surface area contributed by atoms with Crippen molar-refractivity contribution in [2.45, 2.75) is 20.4 Å². The van der Waals surface area contributed by atoms with Gasteiger partial charge in [-0.2, -0.15) is 0 Å². The van der Waals surface area contributed by atoms with Gasteiger partial charge in [0.05, 0.1) is 19.4 Å². The molecule has 0 bridgehead atoms. The van der Waals surface area contributed by atoms with Gasteiger partial charge in [-0.05, 0) is 49.7 Å². The minimum Gasteiger partial charge on any atom is -0.494 e. The zero-order valence-electron chi connectivity index (χ0n) is 15.9. The number of carbonyl (C=O) groups excluding carboxylic acids is 1. The lowest BCUT2D eigenvalue weighted by Gasteiger charge is -2.10. The largest absolute Gasteiger partial charge is 0.494 e. The zero-order chi connectivity index (χ0) is 20.1. The molecule has 1 amide bonds. The van der Waals surface area contributed by atoms with Crippen molar-refractivity contribution < 1.29 is 14.3 Å². The summed E-state index contributed by atoms with van der Waals surface area (Å²) in [5.74, 6) is 1.07. The first-order valence-corrected chi connectivity index (χ1v) is 9.17. The Kier molecular flexibility index (Phi) is 6.16. The Morgan fingerprint density at radius 1 is 1.21 bits per heavy atom. The number of benzene rings is 2. The summed E-state index contributed by atoms with van der Waals surface area (Å²) in [6.45, 7) is 4.69. The molecule has 7 nitrogen and oxygen atoms in total. The van der Waals surface area contributed by atoms with Gasteiger partial charge in [-0.25, -0.2) is 4.68 Å². The van der Waals surface area contributed by atoms with E-state index in [2.05, 4.69) is 15.6 Å². The maximum absolute atomic E-state index is 12.6. The number of ether oxygens (including phenoxy) is 2. The van der Waals surface area contributed by atoms with Crippen molar-refractivity contribution in [2.75, 3.05) is 13.7 Å². The van der Waals surface area contributed by atoms with E-state index >= 15 is 0 Å². The van der Waals surface area contributed by atoms with Crippen LogP contribution in [-0.4, -0.2) is 34.6 Å². The van der Waals surface area contributed by atoms with Crippen LogP contribution in [-0.2, 0) is 6.54 Å². The number of hydrogen-bond acceptors (Lipinski definition) is 5. The molecule has 0 aliphatic rings. The van der Waals surface area contributed by atoms with E-state index in [4.69, 9.17) is 21.1 Å². The van der Waals surface area contributed by atoms with Crippen molar-refractivity contribution in [2.24, 2.45) is 0 Å². The number of hydrogen-bond donors (Lipinski definition) is 1. The normalized spacial score (nSPS) is 10.6. The maximum Gasteiger partial charge on any atom is 0.274 e. The molecule has 3 aromatic rings. The van der Waals surface area contributed by atoms with Gasteiger partial charge in [-0.3, -0.25) is 4.79 Å². The lowest BCUT2D eigenvalue weighted by atomic mass is 10.2. The van der Waals surface area contributed by atoms with Crippen LogP contribution in [0.1, 0.15) is 28.7 Å². The van der Waals surface area contributed by atoms with E-state index in [0.717, 1.165) is 11.3 Å². The molecule has 3 rings (SSSR count). The van der Waals surface area contributed by atoms with Crippen molar-refractivity contribution in [3.05, 3.63) is 64.4 Å². The summed E-state index contributed by atoms with van der Waals surface area (Å²) in [6, 6.07) is 12.7. The standard InChI is InChI=1S/C20H21ClN4O3/c1-4-28-16-8-5-14(6-9-16)12-22-20(26)19-13(2)25(24-23-19)17-11-15(21)7-10-18(17)27-3/h5-11H,4,12H2,1-3H3,(H,22,26). The molecule has 8 heteroatoms. The number of aromatic nitrogens is 3. The molecule has 0 saturated carbocycles. The molecule has 28 heavy (non-hydrogen) atoms. The fourth-order valence-electron chi connectivity index (χ4n) is 2.73. The molecule has 2 aromatic carbocycles. The third-order valence-corrected chi connectivity index (χ3v) is 4.40. The molecule has 0 aliphatic heterocycles. The van der Waals surface area contributed by atoms with Crippen LogP contribution in [0.4, 0.5) is 0 Å². The first-order chi connectivity index (χ1) is 13.5. The molecular weight excluding hydrogens is 380 g/mol. The quantitative estimate of drug-likeness (QED) is 0.656. The number of halogens is 1. The predicted molar refractivity (Wildman–Crippen MR) is 106 cm³/mol. The number of methoxy groups -OCH3 is 1. The van der Waals surface area contributed by atoms with E-state index < -0.39 is 0 Å². The molecule has 0 radical (unpaired) electrons. The van der Waals surface area contributed by atoms with Gasteiger partial charge in [0.1, 0.15) is 17.2 Å². The van der Waals surface area contributed by atoms with Gasteiger partial charge < -0.3 is 14.8 Å². The molecule has 1 aromatic heterocycles. The second-order valence-electron chi connectivity index (χ2n) is 6.01. The van der Waals surface area contributed by atoms with Gasteiger partial charge in [0.25, 0.3) is 5.91 Å². The van der Waals surface area contributed by atoms with Crippen molar-refractivity contribution in [1.82, 2.24) is 20.3 Å². The monoisotopic (exact) mass is 400 g/mol. The summed E-state index contributed by atoms with van der Waals surface area (Å²) < 4.78 is 12.3. The van der Waals surface area contributed by atoms with Gasteiger partial charge in [0.2, 0.25) is 0 Å². The van der Waals surface area contributed by atoms with Crippen LogP contribution in [0.25, 0.3) is 5.69 Å². The van der Waals surface area contributed by atoms with Crippen molar-refractivity contribution in [3.8, 4) is 17.2 Å². The Bertz CT molecular complexity index is 970. The Labute approximate surface area is 168 Å². The highest BCUT2D eigenvalue weighted by atomic mass is 35.5. The molecule has 146 valence electrons.